The molecule has 5 nitrogen and oxygen atoms in total. The second-order valence-corrected chi connectivity index (χ2v) is 7.63. The number of carbonyl (C=O) groups is 1. The van der Waals surface area contributed by atoms with Crippen molar-refractivity contribution in [3.05, 3.63) is 23.3 Å². The molecule has 130 valence electrons. The van der Waals surface area contributed by atoms with Crippen LogP contribution in [-0.2, 0) is 17.8 Å². The molecule has 1 aromatic rings. The summed E-state index contributed by atoms with van der Waals surface area (Å²) in [5.41, 5.74) is 1.79. The van der Waals surface area contributed by atoms with Gasteiger partial charge in [0.25, 0.3) is 0 Å². The highest BCUT2D eigenvalue weighted by Crippen LogP contribution is 2.49. The van der Waals surface area contributed by atoms with Gasteiger partial charge >= 0.3 is 5.97 Å². The number of hydrogen-bond acceptors (Lipinski definition) is 4. The fraction of sp³-hybridized carbons (Fsp3) is 0.632. The molecule has 0 aromatic heterocycles. The summed E-state index contributed by atoms with van der Waals surface area (Å²) >= 11 is 0. The first kappa shape index (κ1) is 15.8. The van der Waals surface area contributed by atoms with Crippen LogP contribution < -0.4 is 9.47 Å². The van der Waals surface area contributed by atoms with Gasteiger partial charge in [0.1, 0.15) is 17.6 Å². The first-order chi connectivity index (χ1) is 11.5. The topological polar surface area (TPSA) is 59.0 Å². The van der Waals surface area contributed by atoms with Crippen LogP contribution in [0.5, 0.6) is 11.5 Å². The number of fused-ring (bicyclic) bond motifs is 2. The minimum absolute atomic E-state index is 0.189. The van der Waals surface area contributed by atoms with Crippen LogP contribution in [0.4, 0.5) is 0 Å². The Labute approximate surface area is 142 Å². The van der Waals surface area contributed by atoms with Crippen molar-refractivity contribution in [2.45, 2.75) is 45.3 Å². The number of benzene rings is 1. The summed E-state index contributed by atoms with van der Waals surface area (Å²) in [4.78, 5) is 14.2. The fourth-order valence-corrected chi connectivity index (χ4v) is 4.92. The molecule has 0 radical (unpaired) electrons. The average Bonchev–Trinajstić information content (AvgIpc) is 3.18. The Morgan fingerprint density at radius 2 is 2.33 bits per heavy atom. The van der Waals surface area contributed by atoms with Gasteiger partial charge in [-0.1, -0.05) is 6.42 Å². The van der Waals surface area contributed by atoms with Gasteiger partial charge in [0.05, 0.1) is 12.5 Å². The highest BCUT2D eigenvalue weighted by molar-refractivity contribution is 5.76. The van der Waals surface area contributed by atoms with E-state index in [2.05, 4.69) is 17.9 Å². The van der Waals surface area contributed by atoms with E-state index >= 15 is 0 Å². The predicted octanol–water partition coefficient (Wildman–Crippen LogP) is 2.71. The third-order valence-electron chi connectivity index (χ3n) is 6.04. The highest BCUT2D eigenvalue weighted by atomic mass is 16.5. The van der Waals surface area contributed by atoms with E-state index in [1.54, 1.807) is 7.11 Å². The van der Waals surface area contributed by atoms with Crippen molar-refractivity contribution in [3.63, 3.8) is 0 Å². The largest absolute Gasteiger partial charge is 0.497 e. The van der Waals surface area contributed by atoms with E-state index in [-0.39, 0.29) is 12.0 Å². The summed E-state index contributed by atoms with van der Waals surface area (Å²) in [5, 5.41) is 9.76. The summed E-state index contributed by atoms with van der Waals surface area (Å²) in [6.45, 7) is 4.33. The number of ether oxygens (including phenoxy) is 2. The van der Waals surface area contributed by atoms with E-state index in [0.717, 1.165) is 55.8 Å². The van der Waals surface area contributed by atoms with Crippen LogP contribution in [0.3, 0.4) is 0 Å². The van der Waals surface area contributed by atoms with E-state index in [9.17, 15) is 9.90 Å². The van der Waals surface area contributed by atoms with Crippen molar-refractivity contribution in [1.82, 2.24) is 4.90 Å². The number of likely N-dealkylation sites (tertiary alicyclic amines) is 1. The lowest BCUT2D eigenvalue weighted by atomic mass is 9.81. The Bertz CT molecular complexity index is 674. The van der Waals surface area contributed by atoms with Crippen LogP contribution in [0, 0.1) is 11.3 Å². The summed E-state index contributed by atoms with van der Waals surface area (Å²) < 4.78 is 11.5. The van der Waals surface area contributed by atoms with Crippen molar-refractivity contribution in [2.24, 2.45) is 11.3 Å². The van der Waals surface area contributed by atoms with Crippen LogP contribution in [-0.4, -0.2) is 42.3 Å². The monoisotopic (exact) mass is 331 g/mol. The van der Waals surface area contributed by atoms with Gasteiger partial charge < -0.3 is 14.6 Å². The molecule has 1 unspecified atom stereocenters. The number of rotatable bonds is 4. The molecule has 1 N–H and O–H groups in total. The third-order valence-corrected chi connectivity index (χ3v) is 6.04. The maximum atomic E-state index is 11.9. The van der Waals surface area contributed by atoms with Gasteiger partial charge in [-0.3, -0.25) is 9.69 Å². The van der Waals surface area contributed by atoms with Crippen molar-refractivity contribution in [2.75, 3.05) is 20.2 Å². The minimum atomic E-state index is -0.617. The molecule has 3 atom stereocenters. The van der Waals surface area contributed by atoms with Crippen molar-refractivity contribution >= 4 is 5.97 Å². The Balaban J connectivity index is 1.59. The third kappa shape index (κ3) is 2.37. The Morgan fingerprint density at radius 3 is 3.04 bits per heavy atom. The van der Waals surface area contributed by atoms with Gasteiger partial charge in [0.15, 0.2) is 0 Å². The molecule has 2 heterocycles. The molecule has 24 heavy (non-hydrogen) atoms. The standard InChI is InChI=1S/C19H25NO4/c1-12-6-13-7-16(23-2)8-14(17(13)24-12)9-20-10-15-4-3-5-19(15,11-20)18(21)22/h7-8,12,15H,3-6,9-11H2,1-2H3,(H,21,22)/t12?,15-,19+/m0/s1. The van der Waals surface area contributed by atoms with Crippen LogP contribution in [0.1, 0.15) is 37.3 Å². The Morgan fingerprint density at radius 1 is 1.50 bits per heavy atom. The zero-order valence-electron chi connectivity index (χ0n) is 14.4. The Hall–Kier alpha value is -1.75. The molecular weight excluding hydrogens is 306 g/mol. The number of hydrogen-bond donors (Lipinski definition) is 1. The first-order valence-electron chi connectivity index (χ1n) is 8.84. The first-order valence-corrected chi connectivity index (χ1v) is 8.84. The lowest BCUT2D eigenvalue weighted by Gasteiger charge is -2.24. The lowest BCUT2D eigenvalue weighted by Crippen LogP contribution is -2.35. The maximum absolute atomic E-state index is 11.9. The SMILES string of the molecule is COc1cc2c(c(CN3C[C@@H]4CCC[C@@]4(C(=O)O)C3)c1)OC(C)C2. The molecular formula is C19H25NO4. The number of nitrogens with zero attached hydrogens (tertiary/aromatic N) is 1. The van der Waals surface area contributed by atoms with Crippen molar-refractivity contribution in [3.8, 4) is 11.5 Å². The minimum Gasteiger partial charge on any atom is -0.497 e. The molecule has 5 heteroatoms. The lowest BCUT2D eigenvalue weighted by molar-refractivity contribution is -0.149. The quantitative estimate of drug-likeness (QED) is 0.919. The van der Waals surface area contributed by atoms with E-state index in [4.69, 9.17) is 9.47 Å². The maximum Gasteiger partial charge on any atom is 0.311 e. The molecule has 4 rings (SSSR count). The normalized spacial score (nSPS) is 31.6. The second kappa shape index (κ2) is 5.66. The highest BCUT2D eigenvalue weighted by Gasteiger charge is 2.54. The molecule has 0 amide bonds. The molecule has 1 aromatic carbocycles. The van der Waals surface area contributed by atoms with Gasteiger partial charge in [-0.2, -0.15) is 0 Å². The van der Waals surface area contributed by atoms with Gasteiger partial charge in [0, 0.05) is 37.2 Å². The second-order valence-electron chi connectivity index (χ2n) is 7.63. The summed E-state index contributed by atoms with van der Waals surface area (Å²) in [5.74, 6) is 1.50. The summed E-state index contributed by atoms with van der Waals surface area (Å²) in [7, 11) is 1.68. The van der Waals surface area contributed by atoms with Crippen LogP contribution in [0.15, 0.2) is 12.1 Å². The predicted molar refractivity (Wildman–Crippen MR) is 89.5 cm³/mol. The Kier molecular flexibility index (Phi) is 3.71. The van der Waals surface area contributed by atoms with Crippen LogP contribution in [0.2, 0.25) is 0 Å². The van der Waals surface area contributed by atoms with Gasteiger partial charge in [-0.05, 0) is 37.8 Å². The van der Waals surface area contributed by atoms with Crippen molar-refractivity contribution < 1.29 is 19.4 Å². The number of aliphatic carboxylic acids is 1. The smallest absolute Gasteiger partial charge is 0.311 e. The summed E-state index contributed by atoms with van der Waals surface area (Å²) in [6.07, 6.45) is 3.98. The molecule has 3 aliphatic rings. The van der Waals surface area contributed by atoms with E-state index < -0.39 is 11.4 Å². The molecule has 1 saturated heterocycles. The number of carboxylic acids is 1. The van der Waals surface area contributed by atoms with Gasteiger partial charge in [-0.25, -0.2) is 0 Å². The van der Waals surface area contributed by atoms with Gasteiger partial charge in [-0.15, -0.1) is 0 Å². The van der Waals surface area contributed by atoms with Crippen LogP contribution in [0.25, 0.3) is 0 Å². The zero-order chi connectivity index (χ0) is 16.9. The molecule has 1 aliphatic carbocycles. The molecule has 2 fully saturated rings. The molecule has 0 spiro atoms. The number of carboxylic acid groups (broad SMARTS) is 1. The molecule has 1 saturated carbocycles. The van der Waals surface area contributed by atoms with Crippen molar-refractivity contribution in [1.29, 1.82) is 0 Å². The fourth-order valence-electron chi connectivity index (χ4n) is 4.92. The van der Waals surface area contributed by atoms with Gasteiger partial charge in [0.2, 0.25) is 0 Å². The van der Waals surface area contributed by atoms with E-state index in [1.165, 1.54) is 5.56 Å². The zero-order valence-corrected chi connectivity index (χ0v) is 14.4. The van der Waals surface area contributed by atoms with E-state index in [0.29, 0.717) is 6.54 Å². The number of methoxy groups -OCH3 is 1. The average molecular weight is 331 g/mol. The van der Waals surface area contributed by atoms with E-state index in [1.807, 2.05) is 6.07 Å². The van der Waals surface area contributed by atoms with Crippen LogP contribution >= 0.6 is 0 Å². The molecule has 0 bridgehead atoms. The molecule has 2 aliphatic heterocycles. The summed E-state index contributed by atoms with van der Waals surface area (Å²) in [6, 6.07) is 4.10.